The third-order valence-corrected chi connectivity index (χ3v) is 5.31. The third kappa shape index (κ3) is 4.35. The van der Waals surface area contributed by atoms with Gasteiger partial charge in [0, 0.05) is 25.1 Å². The number of benzene rings is 2. The van der Waals surface area contributed by atoms with E-state index in [0.717, 1.165) is 8.95 Å². The highest BCUT2D eigenvalue weighted by molar-refractivity contribution is 9.10. The molecule has 19 heavy (non-hydrogen) atoms. The molecule has 4 heteroatoms. The summed E-state index contributed by atoms with van der Waals surface area (Å²) in [5.74, 6) is 0. The van der Waals surface area contributed by atoms with Crippen molar-refractivity contribution in [2.24, 2.45) is 5.73 Å². The first-order valence-electron chi connectivity index (χ1n) is 5.99. The molecule has 0 aliphatic heterocycles. The molecular formula is C15H15Br2NS. The number of rotatable bonds is 4. The van der Waals surface area contributed by atoms with E-state index < -0.39 is 0 Å². The van der Waals surface area contributed by atoms with Gasteiger partial charge in [-0.1, -0.05) is 44.0 Å². The van der Waals surface area contributed by atoms with Crippen molar-refractivity contribution in [1.82, 2.24) is 0 Å². The zero-order valence-electron chi connectivity index (χ0n) is 10.5. The van der Waals surface area contributed by atoms with Crippen LogP contribution >= 0.6 is 43.6 Å². The van der Waals surface area contributed by atoms with Crippen molar-refractivity contribution in [3.05, 3.63) is 63.0 Å². The third-order valence-electron chi connectivity index (χ3n) is 2.75. The molecule has 0 amide bonds. The van der Waals surface area contributed by atoms with Crippen LogP contribution in [0.3, 0.4) is 0 Å². The summed E-state index contributed by atoms with van der Waals surface area (Å²) >= 11 is 8.72. The van der Waals surface area contributed by atoms with Gasteiger partial charge < -0.3 is 5.73 Å². The predicted molar refractivity (Wildman–Crippen MR) is 90.5 cm³/mol. The summed E-state index contributed by atoms with van der Waals surface area (Å²) in [7, 11) is 0. The molecule has 0 aliphatic rings. The first-order valence-corrected chi connectivity index (χ1v) is 8.46. The fourth-order valence-electron chi connectivity index (χ4n) is 1.79. The molecule has 0 aromatic heterocycles. The van der Waals surface area contributed by atoms with Gasteiger partial charge in [-0.15, -0.1) is 11.8 Å². The lowest BCUT2D eigenvalue weighted by molar-refractivity contribution is 0.721. The molecule has 0 saturated heterocycles. The minimum atomic E-state index is 0.0924. The van der Waals surface area contributed by atoms with E-state index in [1.165, 1.54) is 10.5 Å². The summed E-state index contributed by atoms with van der Waals surface area (Å²) in [4.78, 5) is 1.23. The number of hydrogen-bond acceptors (Lipinski definition) is 2. The molecule has 0 spiro atoms. The van der Waals surface area contributed by atoms with Gasteiger partial charge in [-0.3, -0.25) is 0 Å². The Labute approximate surface area is 135 Å². The molecule has 0 aliphatic carbocycles. The smallest absolute Gasteiger partial charge is 0.0492 e. The Morgan fingerprint density at radius 3 is 1.84 bits per heavy atom. The van der Waals surface area contributed by atoms with Crippen LogP contribution in [0.1, 0.15) is 17.7 Å². The summed E-state index contributed by atoms with van der Waals surface area (Å²) in [5, 5.41) is 0.259. The maximum Gasteiger partial charge on any atom is 0.0492 e. The summed E-state index contributed by atoms with van der Waals surface area (Å²) in [5.41, 5.74) is 7.40. The topological polar surface area (TPSA) is 26.0 Å². The van der Waals surface area contributed by atoms with Gasteiger partial charge in [0.15, 0.2) is 0 Å². The van der Waals surface area contributed by atoms with E-state index in [1.54, 1.807) is 11.8 Å². The van der Waals surface area contributed by atoms with Crippen molar-refractivity contribution in [1.29, 1.82) is 0 Å². The Balaban J connectivity index is 2.21. The Hall–Kier alpha value is -0.290. The van der Waals surface area contributed by atoms with Crippen LogP contribution in [0.2, 0.25) is 0 Å². The molecule has 0 bridgehead atoms. The second-order valence-electron chi connectivity index (χ2n) is 4.40. The van der Waals surface area contributed by atoms with Crippen molar-refractivity contribution >= 4 is 43.6 Å². The Morgan fingerprint density at radius 2 is 1.37 bits per heavy atom. The molecule has 2 aromatic carbocycles. The van der Waals surface area contributed by atoms with Crippen molar-refractivity contribution in [3.63, 3.8) is 0 Å². The Morgan fingerprint density at radius 1 is 0.895 bits per heavy atom. The molecular weight excluding hydrogens is 386 g/mol. The first kappa shape index (κ1) is 15.1. The molecule has 1 nitrogen and oxygen atoms in total. The average molecular weight is 401 g/mol. The lowest BCUT2D eigenvalue weighted by Gasteiger charge is -2.21. The first-order chi connectivity index (χ1) is 9.06. The van der Waals surface area contributed by atoms with Crippen LogP contribution in [0.5, 0.6) is 0 Å². The average Bonchev–Trinajstić information content (AvgIpc) is 2.39. The SMILES string of the molecule is CC(N)C(Sc1ccc(Br)cc1)c1ccc(Br)cc1. The number of halogens is 2. The minimum absolute atomic E-state index is 0.0924. The zero-order valence-corrected chi connectivity index (χ0v) is 14.5. The lowest BCUT2D eigenvalue weighted by atomic mass is 10.1. The zero-order chi connectivity index (χ0) is 13.8. The van der Waals surface area contributed by atoms with E-state index in [0.29, 0.717) is 0 Å². The van der Waals surface area contributed by atoms with E-state index in [9.17, 15) is 0 Å². The molecule has 2 unspecified atom stereocenters. The van der Waals surface area contributed by atoms with Crippen LogP contribution in [-0.4, -0.2) is 6.04 Å². The van der Waals surface area contributed by atoms with Crippen molar-refractivity contribution in [2.45, 2.75) is 23.1 Å². The Bertz CT molecular complexity index is 523. The van der Waals surface area contributed by atoms with Crippen LogP contribution in [0.15, 0.2) is 62.4 Å². The summed E-state index contributed by atoms with van der Waals surface area (Å²) in [6.07, 6.45) is 0. The number of hydrogen-bond donors (Lipinski definition) is 1. The standard InChI is InChI=1S/C15H15Br2NS/c1-10(18)15(11-2-4-12(16)5-3-11)19-14-8-6-13(17)7-9-14/h2-10,15H,18H2,1H3. The molecule has 2 atom stereocenters. The van der Waals surface area contributed by atoms with Gasteiger partial charge in [0.1, 0.15) is 0 Å². The highest BCUT2D eigenvalue weighted by Crippen LogP contribution is 2.37. The monoisotopic (exact) mass is 399 g/mol. The molecule has 2 aromatic rings. The van der Waals surface area contributed by atoms with Crippen LogP contribution < -0.4 is 5.73 Å². The van der Waals surface area contributed by atoms with E-state index in [1.807, 2.05) is 0 Å². The fraction of sp³-hybridized carbons (Fsp3) is 0.200. The van der Waals surface area contributed by atoms with Crippen LogP contribution in [-0.2, 0) is 0 Å². The van der Waals surface area contributed by atoms with Gasteiger partial charge in [0.2, 0.25) is 0 Å². The summed E-state index contributed by atoms with van der Waals surface area (Å²) in [6.45, 7) is 2.05. The lowest BCUT2D eigenvalue weighted by Crippen LogP contribution is -2.22. The maximum atomic E-state index is 6.14. The fourth-order valence-corrected chi connectivity index (χ4v) is 3.41. The summed E-state index contributed by atoms with van der Waals surface area (Å²) in [6, 6.07) is 16.8. The molecule has 100 valence electrons. The normalized spacial score (nSPS) is 14.1. The van der Waals surface area contributed by atoms with Crippen LogP contribution in [0.4, 0.5) is 0 Å². The van der Waals surface area contributed by atoms with E-state index in [2.05, 4.69) is 87.3 Å². The number of thioether (sulfide) groups is 1. The molecule has 0 saturated carbocycles. The molecule has 0 fully saturated rings. The van der Waals surface area contributed by atoms with Crippen LogP contribution in [0, 0.1) is 0 Å². The molecule has 0 radical (unpaired) electrons. The van der Waals surface area contributed by atoms with Gasteiger partial charge in [-0.25, -0.2) is 0 Å². The van der Waals surface area contributed by atoms with Gasteiger partial charge in [0.25, 0.3) is 0 Å². The van der Waals surface area contributed by atoms with Crippen molar-refractivity contribution < 1.29 is 0 Å². The quantitative estimate of drug-likeness (QED) is 0.696. The van der Waals surface area contributed by atoms with Gasteiger partial charge in [0.05, 0.1) is 0 Å². The van der Waals surface area contributed by atoms with Crippen molar-refractivity contribution in [2.75, 3.05) is 0 Å². The Kier molecular flexibility index (Phi) is 5.51. The minimum Gasteiger partial charge on any atom is -0.327 e. The van der Waals surface area contributed by atoms with Gasteiger partial charge >= 0.3 is 0 Å². The van der Waals surface area contributed by atoms with E-state index in [-0.39, 0.29) is 11.3 Å². The second-order valence-corrected chi connectivity index (χ2v) is 7.45. The maximum absolute atomic E-state index is 6.14. The largest absolute Gasteiger partial charge is 0.327 e. The van der Waals surface area contributed by atoms with E-state index >= 15 is 0 Å². The predicted octanol–water partition coefficient (Wildman–Crippen LogP) is 5.39. The molecule has 2 rings (SSSR count). The van der Waals surface area contributed by atoms with Crippen LogP contribution in [0.25, 0.3) is 0 Å². The van der Waals surface area contributed by atoms with Gasteiger partial charge in [-0.05, 0) is 48.9 Å². The molecule has 0 heterocycles. The van der Waals surface area contributed by atoms with Gasteiger partial charge in [-0.2, -0.15) is 0 Å². The highest BCUT2D eigenvalue weighted by Gasteiger charge is 2.17. The second kappa shape index (κ2) is 6.93. The number of nitrogens with two attached hydrogens (primary N) is 1. The summed E-state index contributed by atoms with van der Waals surface area (Å²) < 4.78 is 2.19. The highest BCUT2D eigenvalue weighted by atomic mass is 79.9. The van der Waals surface area contributed by atoms with E-state index in [4.69, 9.17) is 5.73 Å². The molecule has 2 N–H and O–H groups in total. The van der Waals surface area contributed by atoms with Crippen molar-refractivity contribution in [3.8, 4) is 0 Å².